The Kier molecular flexibility index (Phi) is 4.38. The molecule has 2 N–H and O–H groups in total. The van der Waals surface area contributed by atoms with E-state index in [4.69, 9.17) is 10.5 Å². The normalized spacial score (nSPS) is 25.9. The monoisotopic (exact) mass is 239 g/mol. The number of thiophene rings is 1. The molecule has 1 aromatic rings. The Labute approximate surface area is 102 Å². The third kappa shape index (κ3) is 3.30. The lowest BCUT2D eigenvalue weighted by atomic mass is 9.89. The summed E-state index contributed by atoms with van der Waals surface area (Å²) in [7, 11) is 0. The van der Waals surface area contributed by atoms with Crippen LogP contribution in [0.3, 0.4) is 0 Å². The predicted octanol–water partition coefficient (Wildman–Crippen LogP) is 3.30. The highest BCUT2D eigenvalue weighted by molar-refractivity contribution is 7.11. The molecule has 0 aliphatic heterocycles. The zero-order valence-corrected chi connectivity index (χ0v) is 10.8. The number of nitrogens with two attached hydrogens (primary N) is 1. The molecule has 16 heavy (non-hydrogen) atoms. The van der Waals surface area contributed by atoms with Crippen molar-refractivity contribution in [3.8, 4) is 0 Å². The first-order valence-electron chi connectivity index (χ1n) is 6.17. The summed E-state index contributed by atoms with van der Waals surface area (Å²) in [6.07, 6.45) is 5.60. The van der Waals surface area contributed by atoms with Crippen LogP contribution in [0.2, 0.25) is 0 Å². The van der Waals surface area contributed by atoms with Crippen LogP contribution in [-0.4, -0.2) is 6.10 Å². The third-order valence-electron chi connectivity index (χ3n) is 3.34. The van der Waals surface area contributed by atoms with Gasteiger partial charge in [-0.1, -0.05) is 6.92 Å². The van der Waals surface area contributed by atoms with Gasteiger partial charge in [-0.3, -0.25) is 0 Å². The van der Waals surface area contributed by atoms with Crippen LogP contribution < -0.4 is 5.73 Å². The fourth-order valence-corrected chi connectivity index (χ4v) is 3.02. The second-order valence-electron chi connectivity index (χ2n) is 4.77. The maximum absolute atomic E-state index is 5.94. The maximum atomic E-state index is 5.94. The minimum atomic E-state index is 0.486. The van der Waals surface area contributed by atoms with Gasteiger partial charge in [-0.15, -0.1) is 11.3 Å². The second-order valence-corrected chi connectivity index (χ2v) is 6.02. The molecule has 0 radical (unpaired) electrons. The molecule has 2 rings (SSSR count). The van der Waals surface area contributed by atoms with E-state index in [1.807, 2.05) is 0 Å². The molecule has 1 aromatic heterocycles. The lowest BCUT2D eigenvalue weighted by molar-refractivity contribution is 0.0100. The Morgan fingerprint density at radius 1 is 1.25 bits per heavy atom. The van der Waals surface area contributed by atoms with Crippen molar-refractivity contribution < 1.29 is 4.74 Å². The molecule has 90 valence electrons. The highest BCUT2D eigenvalue weighted by Crippen LogP contribution is 2.27. The van der Waals surface area contributed by atoms with Crippen LogP contribution in [0.15, 0.2) is 12.1 Å². The van der Waals surface area contributed by atoms with Crippen LogP contribution in [0.5, 0.6) is 0 Å². The third-order valence-corrected chi connectivity index (χ3v) is 4.42. The van der Waals surface area contributed by atoms with Crippen molar-refractivity contribution in [1.29, 1.82) is 0 Å². The minimum Gasteiger partial charge on any atom is -0.373 e. The van der Waals surface area contributed by atoms with Gasteiger partial charge in [0.05, 0.1) is 12.7 Å². The second kappa shape index (κ2) is 5.80. The SMILES string of the molecule is CC1CCC(OCc2ccc(CN)s2)CC1. The number of rotatable bonds is 4. The summed E-state index contributed by atoms with van der Waals surface area (Å²) in [6, 6.07) is 4.24. The van der Waals surface area contributed by atoms with Gasteiger partial charge in [-0.25, -0.2) is 0 Å². The highest BCUT2D eigenvalue weighted by Gasteiger charge is 2.18. The van der Waals surface area contributed by atoms with Gasteiger partial charge in [0.1, 0.15) is 0 Å². The first kappa shape index (κ1) is 12.1. The molecule has 1 saturated carbocycles. The molecular formula is C13H21NOS. The molecule has 1 aliphatic rings. The van der Waals surface area contributed by atoms with Crippen molar-refractivity contribution in [3.63, 3.8) is 0 Å². The zero-order valence-electron chi connectivity index (χ0n) is 9.95. The number of hydrogen-bond acceptors (Lipinski definition) is 3. The van der Waals surface area contributed by atoms with Crippen molar-refractivity contribution in [3.05, 3.63) is 21.9 Å². The molecule has 0 amide bonds. The van der Waals surface area contributed by atoms with E-state index in [9.17, 15) is 0 Å². The molecule has 0 aromatic carbocycles. The van der Waals surface area contributed by atoms with Gasteiger partial charge < -0.3 is 10.5 Å². The van der Waals surface area contributed by atoms with Crippen LogP contribution in [0.25, 0.3) is 0 Å². The fraction of sp³-hybridized carbons (Fsp3) is 0.692. The van der Waals surface area contributed by atoms with Gasteiger partial charge in [0.15, 0.2) is 0 Å². The summed E-state index contributed by atoms with van der Waals surface area (Å²) in [5.41, 5.74) is 5.59. The van der Waals surface area contributed by atoms with Crippen LogP contribution in [-0.2, 0) is 17.9 Å². The van der Waals surface area contributed by atoms with E-state index in [0.717, 1.165) is 12.5 Å². The smallest absolute Gasteiger partial charge is 0.0813 e. The summed E-state index contributed by atoms with van der Waals surface area (Å²) in [4.78, 5) is 2.55. The Morgan fingerprint density at radius 2 is 1.94 bits per heavy atom. The van der Waals surface area contributed by atoms with E-state index in [0.29, 0.717) is 12.6 Å². The molecule has 0 bridgehead atoms. The van der Waals surface area contributed by atoms with Crippen LogP contribution in [0.4, 0.5) is 0 Å². The molecule has 1 heterocycles. The summed E-state index contributed by atoms with van der Waals surface area (Å²) >= 11 is 1.77. The van der Waals surface area contributed by atoms with E-state index in [1.165, 1.54) is 35.4 Å². The molecule has 2 nitrogen and oxygen atoms in total. The highest BCUT2D eigenvalue weighted by atomic mass is 32.1. The van der Waals surface area contributed by atoms with Crippen molar-refractivity contribution in [2.45, 2.75) is 51.9 Å². The number of hydrogen-bond donors (Lipinski definition) is 1. The molecule has 0 atom stereocenters. The topological polar surface area (TPSA) is 35.2 Å². The van der Waals surface area contributed by atoms with Gasteiger partial charge in [0.25, 0.3) is 0 Å². The van der Waals surface area contributed by atoms with Crippen molar-refractivity contribution in [2.75, 3.05) is 0 Å². The van der Waals surface area contributed by atoms with Crippen molar-refractivity contribution in [1.82, 2.24) is 0 Å². The number of ether oxygens (including phenoxy) is 1. The van der Waals surface area contributed by atoms with Crippen LogP contribution >= 0.6 is 11.3 Å². The fourth-order valence-electron chi connectivity index (χ4n) is 2.21. The Morgan fingerprint density at radius 3 is 2.56 bits per heavy atom. The molecule has 1 aliphatic carbocycles. The molecular weight excluding hydrogens is 218 g/mol. The summed E-state index contributed by atoms with van der Waals surface area (Å²) in [5, 5.41) is 0. The quantitative estimate of drug-likeness (QED) is 0.875. The van der Waals surface area contributed by atoms with Gasteiger partial charge >= 0.3 is 0 Å². The summed E-state index contributed by atoms with van der Waals surface area (Å²) < 4.78 is 5.94. The average molecular weight is 239 g/mol. The standard InChI is InChI=1S/C13H21NOS/c1-10-2-4-11(5-3-10)15-9-13-7-6-12(8-14)16-13/h6-7,10-11H,2-5,8-9,14H2,1H3. The van der Waals surface area contributed by atoms with Crippen LogP contribution in [0, 0.1) is 5.92 Å². The van der Waals surface area contributed by atoms with Gasteiger partial charge in [0, 0.05) is 16.3 Å². The largest absolute Gasteiger partial charge is 0.373 e. The van der Waals surface area contributed by atoms with Gasteiger partial charge in [-0.05, 0) is 43.7 Å². The Bertz CT molecular complexity index is 315. The van der Waals surface area contributed by atoms with E-state index in [-0.39, 0.29) is 0 Å². The molecule has 0 spiro atoms. The Hall–Kier alpha value is -0.380. The first-order valence-corrected chi connectivity index (χ1v) is 6.99. The van der Waals surface area contributed by atoms with Gasteiger partial charge in [-0.2, -0.15) is 0 Å². The molecule has 3 heteroatoms. The lowest BCUT2D eigenvalue weighted by Gasteiger charge is -2.26. The summed E-state index contributed by atoms with van der Waals surface area (Å²) in [5.74, 6) is 0.894. The van der Waals surface area contributed by atoms with Crippen molar-refractivity contribution >= 4 is 11.3 Å². The van der Waals surface area contributed by atoms with E-state index in [2.05, 4.69) is 19.1 Å². The van der Waals surface area contributed by atoms with E-state index in [1.54, 1.807) is 11.3 Å². The predicted molar refractivity (Wildman–Crippen MR) is 68.4 cm³/mol. The molecule has 0 saturated heterocycles. The molecule has 0 unspecified atom stereocenters. The zero-order chi connectivity index (χ0) is 11.4. The van der Waals surface area contributed by atoms with E-state index < -0.39 is 0 Å². The maximum Gasteiger partial charge on any atom is 0.0813 e. The van der Waals surface area contributed by atoms with E-state index >= 15 is 0 Å². The average Bonchev–Trinajstić information content (AvgIpc) is 2.76. The Balaban J connectivity index is 1.74. The van der Waals surface area contributed by atoms with Crippen molar-refractivity contribution in [2.24, 2.45) is 11.7 Å². The van der Waals surface area contributed by atoms with Crippen LogP contribution in [0.1, 0.15) is 42.4 Å². The lowest BCUT2D eigenvalue weighted by Crippen LogP contribution is -2.19. The minimum absolute atomic E-state index is 0.486. The first-order chi connectivity index (χ1) is 7.78. The van der Waals surface area contributed by atoms with Gasteiger partial charge in [0.2, 0.25) is 0 Å². The summed E-state index contributed by atoms with van der Waals surface area (Å²) in [6.45, 7) is 3.75. The molecule has 1 fully saturated rings.